The molecular formula is C17H16ClFN2O2. The van der Waals surface area contributed by atoms with Gasteiger partial charge in [0.05, 0.1) is 12.2 Å². The highest BCUT2D eigenvalue weighted by Crippen LogP contribution is 2.35. The van der Waals surface area contributed by atoms with Crippen molar-refractivity contribution >= 4 is 23.2 Å². The van der Waals surface area contributed by atoms with Gasteiger partial charge in [-0.05, 0) is 24.3 Å². The Morgan fingerprint density at radius 1 is 1.35 bits per heavy atom. The number of hydrogen-bond acceptors (Lipinski definition) is 3. The third-order valence-electron chi connectivity index (χ3n) is 3.81. The van der Waals surface area contributed by atoms with Gasteiger partial charge in [-0.25, -0.2) is 4.39 Å². The number of fused-ring (bicyclic) bond motifs is 1. The molecule has 1 N–H and O–H groups in total. The number of hydrogen-bond donors (Lipinski definition) is 1. The van der Waals surface area contributed by atoms with Crippen LogP contribution < -0.4 is 15.0 Å². The minimum Gasteiger partial charge on any atom is -0.477 e. The van der Waals surface area contributed by atoms with E-state index in [0.717, 1.165) is 5.69 Å². The van der Waals surface area contributed by atoms with Crippen LogP contribution >= 0.6 is 11.6 Å². The van der Waals surface area contributed by atoms with E-state index >= 15 is 0 Å². The smallest absolute Gasteiger partial charge is 0.262 e. The number of carbonyl (C=O) groups excluding carboxylic acids is 1. The number of nitrogens with one attached hydrogen (secondary N) is 1. The number of likely N-dealkylation sites (N-methyl/N-ethyl adjacent to an activating group) is 1. The molecule has 0 saturated carbocycles. The number of amides is 1. The molecule has 1 aliphatic rings. The molecule has 1 atom stereocenters. The van der Waals surface area contributed by atoms with Crippen molar-refractivity contribution in [3.05, 3.63) is 58.9 Å². The Bertz CT molecular complexity index is 718. The van der Waals surface area contributed by atoms with E-state index in [-0.39, 0.29) is 18.3 Å². The van der Waals surface area contributed by atoms with Crippen molar-refractivity contribution < 1.29 is 13.9 Å². The first kappa shape index (κ1) is 15.6. The summed E-state index contributed by atoms with van der Waals surface area (Å²) in [4.78, 5) is 13.9. The van der Waals surface area contributed by atoms with Gasteiger partial charge in [0, 0.05) is 24.2 Å². The van der Waals surface area contributed by atoms with Crippen LogP contribution in [0.4, 0.5) is 10.1 Å². The minimum atomic E-state index is -0.652. The van der Waals surface area contributed by atoms with E-state index in [9.17, 15) is 9.18 Å². The van der Waals surface area contributed by atoms with Crippen molar-refractivity contribution in [2.24, 2.45) is 0 Å². The first-order valence-electron chi connectivity index (χ1n) is 7.25. The molecule has 6 heteroatoms. The fourth-order valence-corrected chi connectivity index (χ4v) is 2.85. The summed E-state index contributed by atoms with van der Waals surface area (Å²) in [6, 6.07) is 12.0. The van der Waals surface area contributed by atoms with Gasteiger partial charge in [0.15, 0.2) is 6.10 Å². The molecule has 0 bridgehead atoms. The molecule has 120 valence electrons. The number of para-hydroxylation sites is 2. The van der Waals surface area contributed by atoms with Gasteiger partial charge < -0.3 is 15.0 Å². The van der Waals surface area contributed by atoms with E-state index < -0.39 is 6.10 Å². The normalized spacial score (nSPS) is 16.5. The fourth-order valence-electron chi connectivity index (χ4n) is 2.63. The van der Waals surface area contributed by atoms with Crippen molar-refractivity contribution in [2.45, 2.75) is 12.6 Å². The Balaban J connectivity index is 1.95. The summed E-state index contributed by atoms with van der Waals surface area (Å²) in [5, 5.41) is 2.95. The van der Waals surface area contributed by atoms with Crippen LogP contribution in [0.3, 0.4) is 0 Å². The second-order valence-electron chi connectivity index (χ2n) is 5.27. The quantitative estimate of drug-likeness (QED) is 0.938. The highest BCUT2D eigenvalue weighted by atomic mass is 35.5. The van der Waals surface area contributed by atoms with Crippen LogP contribution in [0.2, 0.25) is 5.02 Å². The van der Waals surface area contributed by atoms with Gasteiger partial charge in [-0.2, -0.15) is 0 Å². The lowest BCUT2D eigenvalue weighted by Crippen LogP contribution is -2.48. The third-order valence-corrected chi connectivity index (χ3v) is 4.16. The molecule has 1 amide bonds. The molecule has 4 nitrogen and oxygen atoms in total. The van der Waals surface area contributed by atoms with Crippen LogP contribution in [0.15, 0.2) is 42.5 Å². The van der Waals surface area contributed by atoms with Crippen molar-refractivity contribution in [1.82, 2.24) is 5.32 Å². The summed E-state index contributed by atoms with van der Waals surface area (Å²) in [6.07, 6.45) is -0.652. The van der Waals surface area contributed by atoms with Gasteiger partial charge in [0.1, 0.15) is 11.6 Å². The van der Waals surface area contributed by atoms with Crippen molar-refractivity contribution in [3.8, 4) is 5.75 Å². The van der Waals surface area contributed by atoms with E-state index in [4.69, 9.17) is 16.3 Å². The van der Waals surface area contributed by atoms with Crippen LogP contribution in [0.1, 0.15) is 5.56 Å². The molecule has 23 heavy (non-hydrogen) atoms. The van der Waals surface area contributed by atoms with Gasteiger partial charge in [-0.1, -0.05) is 29.8 Å². The number of rotatable bonds is 3. The summed E-state index contributed by atoms with van der Waals surface area (Å²) in [7, 11) is 1.56. The maximum absolute atomic E-state index is 14.1. The average Bonchev–Trinajstić information content (AvgIpc) is 2.57. The van der Waals surface area contributed by atoms with E-state index in [2.05, 4.69) is 5.32 Å². The SMILES string of the molecule is CNC(=O)[C@@H]1CN(Cc2c(F)cccc2Cl)c2ccccc2O1. The molecule has 0 unspecified atom stereocenters. The zero-order valence-corrected chi connectivity index (χ0v) is 13.3. The standard InChI is InChI=1S/C17H16ClFN2O2/c1-20-17(22)16-10-21(14-7-2-3-8-15(14)23-16)9-11-12(18)5-4-6-13(11)19/h2-8,16H,9-10H2,1H3,(H,20,22)/t16-/m0/s1. The van der Waals surface area contributed by atoms with E-state index in [1.807, 2.05) is 23.1 Å². The Morgan fingerprint density at radius 2 is 2.13 bits per heavy atom. The lowest BCUT2D eigenvalue weighted by Gasteiger charge is -2.35. The van der Waals surface area contributed by atoms with Crippen molar-refractivity contribution in [2.75, 3.05) is 18.5 Å². The van der Waals surface area contributed by atoms with E-state index in [1.54, 1.807) is 25.2 Å². The molecule has 1 heterocycles. The van der Waals surface area contributed by atoms with Gasteiger partial charge in [-0.3, -0.25) is 4.79 Å². The number of halogens is 2. The molecule has 0 spiro atoms. The van der Waals surface area contributed by atoms with Crippen LogP contribution in [0.25, 0.3) is 0 Å². The minimum absolute atomic E-state index is 0.218. The van der Waals surface area contributed by atoms with Crippen LogP contribution in [0, 0.1) is 5.82 Å². The number of nitrogens with zero attached hydrogens (tertiary/aromatic N) is 1. The second-order valence-corrected chi connectivity index (χ2v) is 5.68. The first-order valence-corrected chi connectivity index (χ1v) is 7.63. The second kappa shape index (κ2) is 6.46. The monoisotopic (exact) mass is 334 g/mol. The molecule has 1 aliphatic heterocycles. The van der Waals surface area contributed by atoms with E-state index in [1.165, 1.54) is 6.07 Å². The number of ether oxygens (including phenoxy) is 1. The number of anilines is 1. The van der Waals surface area contributed by atoms with Crippen LogP contribution in [-0.4, -0.2) is 25.6 Å². The van der Waals surface area contributed by atoms with Crippen molar-refractivity contribution in [1.29, 1.82) is 0 Å². The van der Waals surface area contributed by atoms with Gasteiger partial charge >= 0.3 is 0 Å². The highest BCUT2D eigenvalue weighted by Gasteiger charge is 2.30. The van der Waals surface area contributed by atoms with Gasteiger partial charge in [0.2, 0.25) is 0 Å². The largest absolute Gasteiger partial charge is 0.477 e. The maximum Gasteiger partial charge on any atom is 0.262 e. The summed E-state index contributed by atoms with van der Waals surface area (Å²) >= 11 is 6.12. The lowest BCUT2D eigenvalue weighted by molar-refractivity contribution is -0.127. The first-order chi connectivity index (χ1) is 11.1. The molecular weight excluding hydrogens is 319 g/mol. The lowest BCUT2D eigenvalue weighted by atomic mass is 10.1. The number of carbonyl (C=O) groups is 1. The molecule has 2 aromatic carbocycles. The molecule has 0 saturated heterocycles. The predicted molar refractivity (Wildman–Crippen MR) is 87.4 cm³/mol. The Morgan fingerprint density at radius 3 is 2.87 bits per heavy atom. The zero-order chi connectivity index (χ0) is 16.4. The summed E-state index contributed by atoms with van der Waals surface area (Å²) < 4.78 is 19.8. The number of benzene rings is 2. The van der Waals surface area contributed by atoms with E-state index in [0.29, 0.717) is 22.9 Å². The average molecular weight is 335 g/mol. The van der Waals surface area contributed by atoms with Crippen LogP contribution in [0.5, 0.6) is 5.75 Å². The van der Waals surface area contributed by atoms with Crippen LogP contribution in [-0.2, 0) is 11.3 Å². The maximum atomic E-state index is 14.1. The highest BCUT2D eigenvalue weighted by molar-refractivity contribution is 6.31. The zero-order valence-electron chi connectivity index (χ0n) is 12.6. The third kappa shape index (κ3) is 3.10. The Hall–Kier alpha value is -2.27. The topological polar surface area (TPSA) is 41.6 Å². The summed E-state index contributed by atoms with van der Waals surface area (Å²) in [6.45, 7) is 0.584. The molecule has 0 aliphatic carbocycles. The Labute approximate surface area is 138 Å². The molecule has 3 rings (SSSR count). The van der Waals surface area contributed by atoms with Gasteiger partial charge in [0.25, 0.3) is 5.91 Å². The Kier molecular flexibility index (Phi) is 4.39. The summed E-state index contributed by atoms with van der Waals surface area (Å²) in [5.74, 6) is 0.0157. The molecule has 2 aromatic rings. The summed E-state index contributed by atoms with van der Waals surface area (Å²) in [5.41, 5.74) is 1.22. The molecule has 0 fully saturated rings. The molecule has 0 aromatic heterocycles. The van der Waals surface area contributed by atoms with Crippen molar-refractivity contribution in [3.63, 3.8) is 0 Å². The predicted octanol–water partition coefficient (Wildman–Crippen LogP) is 2.99. The van der Waals surface area contributed by atoms with Gasteiger partial charge in [-0.15, -0.1) is 0 Å². The fraction of sp³-hybridized carbons (Fsp3) is 0.235. The molecule has 0 radical (unpaired) electrons.